The van der Waals surface area contributed by atoms with Crippen molar-refractivity contribution in [2.24, 2.45) is 5.16 Å². The molecular formula is C66H4N2O. The molecule has 284 valence electrons. The van der Waals surface area contributed by atoms with E-state index in [1.807, 2.05) is 6.20 Å². The summed E-state index contributed by atoms with van der Waals surface area (Å²) in [5.74, 6) is 0. The molecule has 28 aromatic carbocycles. The van der Waals surface area contributed by atoms with Gasteiger partial charge in [0.05, 0.1) is 5.69 Å². The van der Waals surface area contributed by atoms with Gasteiger partial charge in [-0.15, -0.1) is 0 Å². The molecule has 1 aromatic heterocycles. The minimum Gasteiger partial charge on any atom is -0.377 e. The zero-order valence-electron chi connectivity index (χ0n) is 34.6. The molecule has 0 amide bonds. The van der Waals surface area contributed by atoms with Crippen LogP contribution in [0.4, 0.5) is 0 Å². The Balaban J connectivity index is 1.20. The lowest BCUT2D eigenvalue weighted by molar-refractivity contribution is -0.0122. The fourth-order valence-corrected chi connectivity index (χ4v) is 24.7. The Morgan fingerprint density at radius 3 is 0.681 bits per heavy atom. The topological polar surface area (TPSA) is 34.5 Å². The number of benzene rings is 18. The van der Waals surface area contributed by atoms with Crippen LogP contribution < -0.4 is 0 Å². The van der Waals surface area contributed by atoms with E-state index in [1.54, 1.807) is 269 Å². The van der Waals surface area contributed by atoms with Gasteiger partial charge in [-0.2, -0.15) is 0 Å². The van der Waals surface area contributed by atoms with Gasteiger partial charge in [-0.05, 0) is 314 Å². The normalized spacial score (nSPS) is 22.5. The van der Waals surface area contributed by atoms with Crippen molar-refractivity contribution >= 4 is 297 Å². The molecule has 0 fully saturated rings. The summed E-state index contributed by atoms with van der Waals surface area (Å²) in [7, 11) is 0. The van der Waals surface area contributed by atoms with Gasteiger partial charge in [-0.1, -0.05) is 11.2 Å². The van der Waals surface area contributed by atoms with Gasteiger partial charge in [0, 0.05) is 17.3 Å². The summed E-state index contributed by atoms with van der Waals surface area (Å²) in [5.41, 5.74) is 6.40. The quantitative estimate of drug-likeness (QED) is 0.154. The van der Waals surface area contributed by atoms with Crippen molar-refractivity contribution < 1.29 is 4.84 Å². The van der Waals surface area contributed by atoms with Crippen molar-refractivity contribution in [2.75, 3.05) is 0 Å². The van der Waals surface area contributed by atoms with Crippen LogP contribution in [-0.2, 0) is 15.9 Å². The highest BCUT2D eigenvalue weighted by molar-refractivity contribution is 6.82. The molecule has 29 aromatic rings. The van der Waals surface area contributed by atoms with Crippen LogP contribution in [-0.4, -0.2) is 10.7 Å². The minimum absolute atomic E-state index is 0.716. The molecule has 1 aliphatic heterocycles. The molecule has 0 atom stereocenters. The first kappa shape index (κ1) is 24.7. The first-order valence-corrected chi connectivity index (χ1v) is 25.4. The summed E-state index contributed by atoms with van der Waals surface area (Å²) in [5, 5.41) is 91.6. The smallest absolute Gasteiger partial charge is 0.209 e. The van der Waals surface area contributed by atoms with E-state index in [-0.39, 0.29) is 0 Å². The molecule has 2 heterocycles. The second-order valence-electron chi connectivity index (χ2n) is 24.9. The molecule has 3 heteroatoms. The number of hydrogen-bond acceptors (Lipinski definition) is 3. The SMILES string of the molecule is c1ccc(C2=NOC34c5c6c7c8c9c%10c(c%11c%12c3c3c5c5c%13c6c6c7c7c9c9c%14c%10c%10c%11c%11c%12c%12c3c3c5c5c%13c%13c6c6c7c9c7c9c%14c%10c%10c%11c%11c%12c3c3c5c5c%13c6c7c6c9c%10c%11c3c56)C284)nc1. The van der Waals surface area contributed by atoms with Crippen LogP contribution in [0.15, 0.2) is 29.6 Å². The van der Waals surface area contributed by atoms with Gasteiger partial charge in [-0.3, -0.25) is 4.98 Å². The Morgan fingerprint density at radius 1 is 0.246 bits per heavy atom. The molecular weight excluding hydrogens is 837 g/mol. The fraction of sp³-hybridized carbons (Fsp3) is 0.0303. The highest BCUT2D eigenvalue weighted by Crippen LogP contribution is 2.85. The number of oxime groups is 1. The van der Waals surface area contributed by atoms with Gasteiger partial charge < -0.3 is 4.84 Å². The number of nitrogens with zero attached hydrogens (tertiary/aromatic N) is 2. The Bertz CT molecular complexity index is 7220. The van der Waals surface area contributed by atoms with E-state index >= 15 is 0 Å². The van der Waals surface area contributed by atoms with Gasteiger partial charge >= 0.3 is 0 Å². The van der Waals surface area contributed by atoms with Gasteiger partial charge in [0.25, 0.3) is 0 Å². The summed E-state index contributed by atoms with van der Waals surface area (Å²) < 4.78 is 0. The monoisotopic (exact) mass is 840 g/mol. The third-order valence-corrected chi connectivity index (χ3v) is 24.8. The predicted molar refractivity (Wildman–Crippen MR) is 286 cm³/mol. The van der Waals surface area contributed by atoms with E-state index in [2.05, 4.69) is 18.2 Å². The molecule has 34 rings (SSSR count). The highest BCUT2D eigenvalue weighted by atomic mass is 16.7. The lowest BCUT2D eigenvalue weighted by Crippen LogP contribution is -2.54. The standard InChI is InChI=1S/C66H4N2O/c1-2-4-67-5(3-1)64-65-60-52-44-34-24-16-8-6-7-10-14-12(8)20-28-22(14)32-26-18(10)19-11(7)15-13-9(6)17(16)25-31-21(13)29-23(15)33-27(19)37-36(26)48-42(32)50-40(28)46(38(44)30(20)24)54(60)56(50)62-58(48)59-49(37)43(33)51-41(29)47-39(31)45(35(25)34)53(52)61(65)55(47)57(51)63(59)66(62,65)69-68-64/h1-4H. The zero-order valence-corrected chi connectivity index (χ0v) is 34.6. The molecule has 5 aliphatic rings. The first-order chi connectivity index (χ1) is 34.4. The number of pyridine rings is 1. The number of hydrogen-bond donors (Lipinski definition) is 0. The molecule has 2 spiro atoms. The van der Waals surface area contributed by atoms with E-state index in [0.717, 1.165) is 11.4 Å². The van der Waals surface area contributed by atoms with Crippen LogP contribution >= 0.6 is 0 Å². The first-order valence-electron chi connectivity index (χ1n) is 25.4. The van der Waals surface area contributed by atoms with Gasteiger partial charge in [-0.25, -0.2) is 0 Å². The Hall–Kier alpha value is -8.92. The Kier molecular flexibility index (Phi) is 1.98. The van der Waals surface area contributed by atoms with Crippen LogP contribution in [0.2, 0.25) is 0 Å². The molecule has 0 saturated heterocycles. The average Bonchev–Trinajstić information content (AvgIpc) is 4.26. The zero-order chi connectivity index (χ0) is 40.6. The van der Waals surface area contributed by atoms with Crippen LogP contribution in [0.3, 0.4) is 0 Å². The predicted octanol–water partition coefficient (Wildman–Crippen LogP) is 17.1. The largest absolute Gasteiger partial charge is 0.377 e. The molecule has 3 nitrogen and oxygen atoms in total. The fourth-order valence-electron chi connectivity index (χ4n) is 24.7. The van der Waals surface area contributed by atoms with Gasteiger partial charge in [0.15, 0.2) is 0 Å². The van der Waals surface area contributed by atoms with E-state index < -0.39 is 11.0 Å². The lowest BCUT2D eigenvalue weighted by atomic mass is 9.52. The Morgan fingerprint density at radius 2 is 0.464 bits per heavy atom. The van der Waals surface area contributed by atoms with Crippen molar-refractivity contribution in [1.82, 2.24) is 4.98 Å². The van der Waals surface area contributed by atoms with Crippen LogP contribution in [0.1, 0.15) is 27.9 Å². The second-order valence-corrected chi connectivity index (χ2v) is 24.9. The van der Waals surface area contributed by atoms with Gasteiger partial charge in [0.2, 0.25) is 5.60 Å². The van der Waals surface area contributed by atoms with E-state index in [9.17, 15) is 0 Å². The lowest BCUT2D eigenvalue weighted by Gasteiger charge is -2.47. The summed E-state index contributed by atoms with van der Waals surface area (Å²) >= 11 is 0. The minimum atomic E-state index is -0.870. The molecule has 0 unspecified atom stereocenters. The highest BCUT2D eigenvalue weighted by Gasteiger charge is 2.76. The molecule has 0 N–H and O–H groups in total. The third kappa shape index (κ3) is 1.28. The van der Waals surface area contributed by atoms with E-state index in [1.165, 1.54) is 43.8 Å². The van der Waals surface area contributed by atoms with Crippen molar-refractivity contribution in [3.8, 4) is 0 Å². The molecule has 0 radical (unpaired) electrons. The molecule has 0 bridgehead atoms. The van der Waals surface area contributed by atoms with E-state index in [0.29, 0.717) is 0 Å². The Labute approximate surface area is 373 Å². The summed E-state index contributed by atoms with van der Waals surface area (Å²) in [4.78, 5) is 13.4. The second kappa shape index (κ2) is 5.52. The molecule has 0 saturated carbocycles. The summed E-state index contributed by atoms with van der Waals surface area (Å²) in [6.07, 6.45) is 2.01. The average molecular weight is 841 g/mol. The van der Waals surface area contributed by atoms with Crippen molar-refractivity contribution in [2.45, 2.75) is 11.0 Å². The van der Waals surface area contributed by atoms with Crippen molar-refractivity contribution in [3.05, 3.63) is 52.3 Å². The van der Waals surface area contributed by atoms with Gasteiger partial charge in [0.1, 0.15) is 11.1 Å². The van der Waals surface area contributed by atoms with Crippen LogP contribution in [0.25, 0.3) is 291 Å². The maximum absolute atomic E-state index is 8.05. The maximum atomic E-state index is 8.05. The van der Waals surface area contributed by atoms with Crippen LogP contribution in [0, 0.1) is 0 Å². The summed E-state index contributed by atoms with van der Waals surface area (Å²) in [6.45, 7) is 0. The van der Waals surface area contributed by atoms with Crippen molar-refractivity contribution in [1.29, 1.82) is 0 Å². The third-order valence-electron chi connectivity index (χ3n) is 24.8. The van der Waals surface area contributed by atoms with Crippen LogP contribution in [0.5, 0.6) is 0 Å². The van der Waals surface area contributed by atoms with Crippen molar-refractivity contribution in [3.63, 3.8) is 0 Å². The maximum Gasteiger partial charge on any atom is 0.209 e. The summed E-state index contributed by atoms with van der Waals surface area (Å²) in [6, 6.07) is 6.54. The molecule has 4 aliphatic carbocycles. The molecule has 69 heavy (non-hydrogen) atoms. The number of rotatable bonds is 1. The van der Waals surface area contributed by atoms with E-state index in [4.69, 9.17) is 15.0 Å². The number of aromatic nitrogens is 1.